The van der Waals surface area contributed by atoms with Gasteiger partial charge in [-0.1, -0.05) is 246 Å². The monoisotopic (exact) mass is 1090 g/mol. The number of rotatable bonds is 13. The molecule has 2 aromatic heterocycles. The molecule has 4 heteroatoms. The van der Waals surface area contributed by atoms with Crippen LogP contribution in [0.3, 0.4) is 0 Å². The van der Waals surface area contributed by atoms with Gasteiger partial charge in [0, 0.05) is 22.7 Å². The summed E-state index contributed by atoms with van der Waals surface area (Å²) in [7, 11) is 0. The van der Waals surface area contributed by atoms with Crippen molar-refractivity contribution >= 4 is 10.9 Å². The molecule has 0 bridgehead atoms. The van der Waals surface area contributed by atoms with E-state index in [1.807, 2.05) is 12.3 Å². The van der Waals surface area contributed by atoms with E-state index in [9.17, 15) is 0 Å². The van der Waals surface area contributed by atoms with Crippen LogP contribution in [-0.4, -0.2) is 19.7 Å². The fourth-order valence-electron chi connectivity index (χ4n) is 14.5. The zero-order chi connectivity index (χ0) is 57.2. The minimum Gasteiger partial charge on any atom is -0.274 e. The average molecular weight is 1090 g/mol. The topological polar surface area (TPSA) is 43.6 Å². The summed E-state index contributed by atoms with van der Waals surface area (Å²) < 4.78 is 2.24. The third kappa shape index (κ3) is 8.53. The van der Waals surface area contributed by atoms with E-state index < -0.39 is 10.8 Å². The van der Waals surface area contributed by atoms with Crippen LogP contribution in [0, 0.1) is 11.8 Å². The van der Waals surface area contributed by atoms with Gasteiger partial charge in [0.15, 0.2) is 11.6 Å². The predicted molar refractivity (Wildman–Crippen MR) is 350 cm³/mol. The van der Waals surface area contributed by atoms with Crippen molar-refractivity contribution in [3.8, 4) is 73.0 Å². The molecule has 0 spiro atoms. The summed E-state index contributed by atoms with van der Waals surface area (Å²) in [5.41, 5.74) is 24.9. The minimum atomic E-state index is -0.587. The maximum Gasteiger partial charge on any atom is 0.168 e. The summed E-state index contributed by atoms with van der Waals surface area (Å²) in [5, 5.41) is 11.3. The molecule has 11 aromatic carbocycles. The van der Waals surface area contributed by atoms with Crippen molar-refractivity contribution in [1.82, 2.24) is 19.7 Å². The van der Waals surface area contributed by atoms with Gasteiger partial charge >= 0.3 is 0 Å². The lowest BCUT2D eigenvalue weighted by atomic mass is 9.67. The molecule has 2 aliphatic carbocycles. The first-order chi connectivity index (χ1) is 41.8. The first-order valence-electron chi connectivity index (χ1n) is 30.1. The second-order valence-electron chi connectivity index (χ2n) is 24.1. The predicted octanol–water partition coefficient (Wildman–Crippen LogP) is 19.6. The van der Waals surface area contributed by atoms with Gasteiger partial charge in [-0.25, -0.2) is 0 Å². The fraction of sp³-hybridized carbons (Fsp3) is 0.123. The Labute approximate surface area is 498 Å². The van der Waals surface area contributed by atoms with Crippen molar-refractivity contribution < 1.29 is 0 Å². The fourth-order valence-corrected chi connectivity index (χ4v) is 14.5. The van der Waals surface area contributed by atoms with Gasteiger partial charge in [-0.05, 0) is 179 Å². The van der Waals surface area contributed by atoms with Gasteiger partial charge in [0.05, 0.1) is 22.0 Å². The Bertz CT molecular complexity index is 4350. The second kappa shape index (κ2) is 21.0. The molecule has 0 saturated carbocycles. The summed E-state index contributed by atoms with van der Waals surface area (Å²) in [4.78, 5) is 4.83. The first-order valence-corrected chi connectivity index (χ1v) is 30.1. The van der Waals surface area contributed by atoms with E-state index in [-0.39, 0.29) is 0 Å². The van der Waals surface area contributed by atoms with Gasteiger partial charge < -0.3 is 0 Å². The molecular formula is C81H64N4. The molecule has 0 amide bonds. The minimum absolute atomic E-state index is 0.555. The third-order valence-corrected chi connectivity index (χ3v) is 18.0. The van der Waals surface area contributed by atoms with Gasteiger partial charge in [-0.2, -0.15) is 0 Å². The third-order valence-electron chi connectivity index (χ3n) is 18.0. The van der Waals surface area contributed by atoms with Crippen molar-refractivity contribution in [3.63, 3.8) is 0 Å². The molecule has 0 unspecified atom stereocenters. The molecule has 0 saturated heterocycles. The van der Waals surface area contributed by atoms with E-state index in [4.69, 9.17) is 15.2 Å². The van der Waals surface area contributed by atoms with E-state index in [0.29, 0.717) is 11.8 Å². The van der Waals surface area contributed by atoms with Crippen molar-refractivity contribution in [2.75, 3.05) is 0 Å². The Morgan fingerprint density at radius 2 is 0.741 bits per heavy atom. The number of hydrogen-bond acceptors (Lipinski definition) is 3. The second-order valence-corrected chi connectivity index (χ2v) is 24.1. The van der Waals surface area contributed by atoms with Crippen LogP contribution in [-0.2, 0) is 23.7 Å². The lowest BCUT2D eigenvalue weighted by Crippen LogP contribution is -2.28. The Balaban J connectivity index is 0.981. The Kier molecular flexibility index (Phi) is 12.8. The maximum absolute atomic E-state index is 5.22. The van der Waals surface area contributed by atoms with Crippen molar-refractivity contribution in [2.45, 2.75) is 51.4 Å². The molecule has 0 N–H and O–H groups in total. The van der Waals surface area contributed by atoms with Gasteiger partial charge in [-0.15, -0.1) is 10.2 Å². The molecule has 408 valence electrons. The van der Waals surface area contributed by atoms with Crippen molar-refractivity contribution in [2.24, 2.45) is 11.8 Å². The largest absolute Gasteiger partial charge is 0.274 e. The van der Waals surface area contributed by atoms with Crippen LogP contribution >= 0.6 is 0 Å². The van der Waals surface area contributed by atoms with Gasteiger partial charge in [0.1, 0.15) is 0 Å². The highest BCUT2D eigenvalue weighted by molar-refractivity contribution is 5.92. The van der Waals surface area contributed by atoms with Crippen LogP contribution in [0.15, 0.2) is 279 Å². The van der Waals surface area contributed by atoms with E-state index in [2.05, 4.69) is 299 Å². The number of nitrogens with zero attached hydrogens (tertiary/aromatic N) is 4. The van der Waals surface area contributed by atoms with Crippen LogP contribution < -0.4 is 0 Å². The van der Waals surface area contributed by atoms with E-state index in [0.717, 1.165) is 74.5 Å². The molecular weight excluding hydrogens is 1030 g/mol. The van der Waals surface area contributed by atoms with Crippen LogP contribution in [0.2, 0.25) is 0 Å². The number of pyridine rings is 1. The van der Waals surface area contributed by atoms with Crippen LogP contribution in [0.25, 0.3) is 83.9 Å². The Morgan fingerprint density at radius 3 is 1.21 bits per heavy atom. The van der Waals surface area contributed by atoms with Gasteiger partial charge in [-0.3, -0.25) is 9.55 Å². The van der Waals surface area contributed by atoms with Crippen molar-refractivity contribution in [1.29, 1.82) is 0 Å². The molecule has 0 radical (unpaired) electrons. The Hall–Kier alpha value is -10.0. The molecule has 13 aromatic rings. The quantitative estimate of drug-likeness (QED) is 0.116. The lowest BCUT2D eigenvalue weighted by molar-refractivity contribution is 0.646. The standard InChI is InChI=1S/C81H64N4/c1-53(2)46-55-37-41-63(42-38-55)80(72-31-12-8-26-67(72)68-27-9-13-32-73(68)80)65-24-16-22-58(51-65)60-48-61(50-62(49-60)79-84-83-78(57-20-6-5-7-21-57)85(79)77-36-18-35-76-71(77)30-19-45-82-76)59-23-17-25-66(52-59)81(64-43-39-56(40-44-64)47-54(3)4)74-33-14-10-28-69(74)70-29-11-15-34-75(70)81/h5-45,48-54H,46-47H2,1-4H3. The van der Waals surface area contributed by atoms with Gasteiger partial charge in [0.2, 0.25) is 0 Å². The van der Waals surface area contributed by atoms with Crippen LogP contribution in [0.5, 0.6) is 0 Å². The van der Waals surface area contributed by atoms with E-state index in [1.165, 1.54) is 77.9 Å². The van der Waals surface area contributed by atoms with Crippen LogP contribution in [0.4, 0.5) is 0 Å². The lowest BCUT2D eigenvalue weighted by Gasteiger charge is -2.34. The summed E-state index contributed by atoms with van der Waals surface area (Å²) in [6.45, 7) is 9.19. The summed E-state index contributed by atoms with van der Waals surface area (Å²) in [6.07, 6.45) is 3.92. The molecule has 4 nitrogen and oxygen atoms in total. The molecule has 15 rings (SSSR count). The highest BCUT2D eigenvalue weighted by atomic mass is 15.3. The zero-order valence-corrected chi connectivity index (χ0v) is 48.4. The normalized spacial score (nSPS) is 13.4. The molecule has 2 heterocycles. The molecule has 2 aliphatic rings. The number of aromatic nitrogens is 4. The number of benzene rings is 11. The number of fused-ring (bicyclic) bond motifs is 7. The highest BCUT2D eigenvalue weighted by Gasteiger charge is 2.47. The molecule has 85 heavy (non-hydrogen) atoms. The zero-order valence-electron chi connectivity index (χ0n) is 48.4. The van der Waals surface area contributed by atoms with E-state index >= 15 is 0 Å². The maximum atomic E-state index is 5.22. The Morgan fingerprint density at radius 1 is 0.329 bits per heavy atom. The number of hydrogen-bond donors (Lipinski definition) is 0. The molecule has 0 aliphatic heterocycles. The summed E-state index contributed by atoms with van der Waals surface area (Å²) >= 11 is 0. The molecule has 0 atom stereocenters. The SMILES string of the molecule is CC(C)Cc1ccc(C2(c3cccc(-c4cc(-c5cccc(C6(c7ccc(CC(C)C)cc7)c7ccccc7-c7ccccc76)c5)cc(-c5nnc(-c6ccccc6)n5-c5cccc6ncccc56)c4)c3)c3ccccc3-c3ccccc32)cc1. The van der Waals surface area contributed by atoms with Gasteiger partial charge in [0.25, 0.3) is 0 Å². The molecule has 0 fully saturated rings. The summed E-state index contributed by atoms with van der Waals surface area (Å²) in [6, 6.07) is 102. The van der Waals surface area contributed by atoms with Crippen molar-refractivity contribution in [3.05, 3.63) is 335 Å². The van der Waals surface area contributed by atoms with Crippen LogP contribution in [0.1, 0.15) is 83.3 Å². The van der Waals surface area contributed by atoms with E-state index in [1.54, 1.807) is 0 Å². The average Bonchev–Trinajstić information content (AvgIpc) is 2.05. The highest BCUT2D eigenvalue weighted by Crippen LogP contribution is 2.58. The smallest absolute Gasteiger partial charge is 0.168 e. The summed E-state index contributed by atoms with van der Waals surface area (Å²) in [5.74, 6) is 2.60. The first kappa shape index (κ1) is 51.8.